The summed E-state index contributed by atoms with van der Waals surface area (Å²) in [7, 11) is 0. The molecule has 0 bridgehead atoms. The van der Waals surface area contributed by atoms with E-state index < -0.39 is 0 Å². The molecule has 2 atom stereocenters. The van der Waals surface area contributed by atoms with E-state index >= 15 is 0 Å². The second kappa shape index (κ2) is 19.5. The Bertz CT molecular complexity index is 5350. The highest BCUT2D eigenvalue weighted by molar-refractivity contribution is 6.25. The number of benzene rings is 13. The van der Waals surface area contributed by atoms with Crippen LogP contribution in [0.1, 0.15) is 47.6 Å². The molecular weight excluding hydrogens is 1030 g/mol. The van der Waals surface area contributed by atoms with Gasteiger partial charge < -0.3 is 19.0 Å². The van der Waals surface area contributed by atoms with Crippen molar-refractivity contribution in [2.45, 2.75) is 32.1 Å². The Labute approximate surface area is 493 Å². The van der Waals surface area contributed by atoms with Gasteiger partial charge in [0, 0.05) is 77.4 Å². The summed E-state index contributed by atoms with van der Waals surface area (Å²) in [5, 5.41) is 15.6. The van der Waals surface area contributed by atoms with E-state index in [1.807, 2.05) is 0 Å². The Hall–Kier alpha value is -10.7. The maximum Gasteiger partial charge on any atom is 0.0619 e. The molecule has 85 heavy (non-hydrogen) atoms. The normalized spacial score (nSPS) is 14.4. The molecule has 18 rings (SSSR count). The van der Waals surface area contributed by atoms with Crippen LogP contribution in [0.15, 0.2) is 279 Å². The summed E-state index contributed by atoms with van der Waals surface area (Å²) in [6.45, 7) is 4.27. The first kappa shape index (κ1) is 49.0. The number of hydrogen-bond donors (Lipinski definition) is 1. The molecule has 3 heterocycles. The van der Waals surface area contributed by atoms with Crippen LogP contribution in [0, 0.1) is 6.92 Å². The summed E-state index contributed by atoms with van der Waals surface area (Å²) in [6.07, 6.45) is 5.64. The fraction of sp³-hybridized carbons (Fsp3) is 0.0617. The topological polar surface area (TPSA) is 28.9 Å². The van der Waals surface area contributed by atoms with Crippen molar-refractivity contribution in [1.82, 2.24) is 14.1 Å². The summed E-state index contributed by atoms with van der Waals surface area (Å²) in [6, 6.07) is 100. The van der Waals surface area contributed by atoms with E-state index in [-0.39, 0.29) is 0 Å². The van der Waals surface area contributed by atoms with Gasteiger partial charge in [0.25, 0.3) is 0 Å². The SMILES string of the molecule is C/C=C\c1c(-c2ccccc2)c2ccc3ccccc3c2n1-c1ccc(N(c2ccc(C)cc2)c2ccc(-n3c4c(c5c6ccccc6ccc53)C3CC3c3ccccc3-4)cc2)cc1.c1ccc2c(c1)ccc1c2[nH]c2ccc3ccccc3c21. The van der Waals surface area contributed by atoms with Crippen LogP contribution >= 0.6 is 0 Å². The van der Waals surface area contributed by atoms with Crippen LogP contribution in [-0.4, -0.2) is 14.1 Å². The Balaban J connectivity index is 0.000000225. The van der Waals surface area contributed by atoms with E-state index in [2.05, 4.69) is 318 Å². The van der Waals surface area contributed by atoms with Gasteiger partial charge in [0.15, 0.2) is 0 Å². The number of aryl methyl sites for hydroxylation is 1. The zero-order valence-electron chi connectivity index (χ0n) is 47.3. The number of H-pyrrole nitrogens is 1. The maximum absolute atomic E-state index is 3.61. The highest BCUT2D eigenvalue weighted by Crippen LogP contribution is 2.65. The van der Waals surface area contributed by atoms with Crippen molar-refractivity contribution in [3.63, 3.8) is 0 Å². The lowest BCUT2D eigenvalue weighted by Crippen LogP contribution is -2.10. The minimum absolute atomic E-state index is 0.556. The predicted molar refractivity (Wildman–Crippen MR) is 361 cm³/mol. The van der Waals surface area contributed by atoms with E-state index in [0.717, 1.165) is 22.7 Å². The molecule has 13 aromatic carbocycles. The van der Waals surface area contributed by atoms with Gasteiger partial charge in [-0.2, -0.15) is 0 Å². The molecule has 2 aliphatic rings. The molecule has 0 amide bonds. The van der Waals surface area contributed by atoms with Crippen molar-refractivity contribution in [3.8, 4) is 33.8 Å². The third-order valence-corrected chi connectivity index (χ3v) is 18.4. The molecule has 4 heteroatoms. The van der Waals surface area contributed by atoms with Crippen LogP contribution in [0.25, 0.3) is 127 Å². The first-order valence-electron chi connectivity index (χ1n) is 29.8. The molecule has 1 saturated carbocycles. The first-order valence-corrected chi connectivity index (χ1v) is 29.8. The van der Waals surface area contributed by atoms with Gasteiger partial charge in [0.1, 0.15) is 0 Å². The summed E-state index contributed by atoms with van der Waals surface area (Å²) in [5.74, 6) is 1.16. The largest absolute Gasteiger partial charge is 0.354 e. The molecule has 1 fully saturated rings. The quantitative estimate of drug-likeness (QED) is 0.169. The fourth-order valence-electron chi connectivity index (χ4n) is 14.5. The zero-order valence-corrected chi connectivity index (χ0v) is 47.3. The monoisotopic (exact) mass is 1090 g/mol. The Morgan fingerprint density at radius 2 is 0.965 bits per heavy atom. The smallest absolute Gasteiger partial charge is 0.0619 e. The Morgan fingerprint density at radius 3 is 1.65 bits per heavy atom. The molecule has 0 saturated heterocycles. The summed E-state index contributed by atoms with van der Waals surface area (Å²) < 4.78 is 5.01. The lowest BCUT2D eigenvalue weighted by Gasteiger charge is -2.26. The highest BCUT2D eigenvalue weighted by Gasteiger charge is 2.48. The number of fused-ring (bicyclic) bond motifs is 20. The van der Waals surface area contributed by atoms with Gasteiger partial charge in [0.05, 0.1) is 27.9 Å². The molecule has 402 valence electrons. The van der Waals surface area contributed by atoms with Crippen molar-refractivity contribution in [1.29, 1.82) is 0 Å². The predicted octanol–water partition coefficient (Wildman–Crippen LogP) is 22.2. The minimum atomic E-state index is 0.556. The lowest BCUT2D eigenvalue weighted by molar-refractivity contribution is 0.988. The first-order chi connectivity index (χ1) is 42.1. The Morgan fingerprint density at radius 1 is 0.435 bits per heavy atom. The van der Waals surface area contributed by atoms with Gasteiger partial charge in [-0.3, -0.25) is 0 Å². The van der Waals surface area contributed by atoms with Gasteiger partial charge in [0.2, 0.25) is 0 Å². The van der Waals surface area contributed by atoms with Gasteiger partial charge in [-0.15, -0.1) is 0 Å². The van der Waals surface area contributed by atoms with E-state index in [1.165, 1.54) is 144 Å². The second-order valence-electron chi connectivity index (χ2n) is 23.2. The van der Waals surface area contributed by atoms with Crippen LogP contribution in [0.2, 0.25) is 0 Å². The fourth-order valence-corrected chi connectivity index (χ4v) is 14.5. The molecule has 0 radical (unpaired) electrons. The van der Waals surface area contributed by atoms with Gasteiger partial charge >= 0.3 is 0 Å². The average molecular weight is 1090 g/mol. The van der Waals surface area contributed by atoms with Gasteiger partial charge in [-0.25, -0.2) is 0 Å². The van der Waals surface area contributed by atoms with Crippen molar-refractivity contribution >= 4 is 110 Å². The molecule has 3 aromatic heterocycles. The van der Waals surface area contributed by atoms with Crippen LogP contribution in [0.4, 0.5) is 17.1 Å². The Kier molecular flexibility index (Phi) is 11.2. The third-order valence-electron chi connectivity index (χ3n) is 18.4. The number of anilines is 3. The summed E-state index contributed by atoms with van der Waals surface area (Å²) >= 11 is 0. The minimum Gasteiger partial charge on any atom is -0.354 e. The lowest BCUT2D eigenvalue weighted by atomic mass is 9.88. The van der Waals surface area contributed by atoms with Gasteiger partial charge in [-0.05, 0) is 160 Å². The summed E-state index contributed by atoms with van der Waals surface area (Å²) in [4.78, 5) is 6.00. The average Bonchev–Trinajstić information content (AvgIpc) is 1.63. The highest BCUT2D eigenvalue weighted by atomic mass is 15.1. The number of aromatic amines is 1. The molecule has 0 aliphatic heterocycles. The van der Waals surface area contributed by atoms with Crippen molar-refractivity contribution in [3.05, 3.63) is 301 Å². The van der Waals surface area contributed by atoms with E-state index in [4.69, 9.17) is 0 Å². The molecule has 2 unspecified atom stereocenters. The number of nitrogens with zero attached hydrogens (tertiary/aromatic N) is 3. The van der Waals surface area contributed by atoms with E-state index in [1.54, 1.807) is 0 Å². The van der Waals surface area contributed by atoms with Gasteiger partial charge in [-0.1, -0.05) is 212 Å². The molecule has 1 N–H and O–H groups in total. The second-order valence-corrected chi connectivity index (χ2v) is 23.2. The molecule has 2 aliphatic carbocycles. The maximum atomic E-state index is 3.61. The molecule has 16 aromatic rings. The van der Waals surface area contributed by atoms with Crippen LogP contribution < -0.4 is 4.90 Å². The molecule has 0 spiro atoms. The van der Waals surface area contributed by atoms with Crippen LogP contribution in [0.3, 0.4) is 0 Å². The van der Waals surface area contributed by atoms with Crippen LogP contribution in [-0.2, 0) is 0 Å². The van der Waals surface area contributed by atoms with Crippen LogP contribution in [0.5, 0.6) is 0 Å². The van der Waals surface area contributed by atoms with Crippen molar-refractivity contribution in [2.75, 3.05) is 4.90 Å². The van der Waals surface area contributed by atoms with E-state index in [0.29, 0.717) is 11.8 Å². The zero-order chi connectivity index (χ0) is 56.3. The third kappa shape index (κ3) is 7.75. The standard InChI is InChI=1S/C61H45N3.C20H13N/c1-3-13-55-57(42-16-5-4-6-17-42)52-36-24-41-15-8-10-19-49(41)60(52)63(55)46-32-28-44(29-33-46)62(43-26-22-39(2)23-27-43)45-30-34-47(35-31-45)64-56-37-25-40-14-7-9-18-48(40)58(56)59-54-38-53(54)50-20-11-12-21-51(50)61(59)64;1-3-7-15-13(5-1)10-12-18-19(15)17-11-9-14-6-2-4-8-16(14)20(17)21-18/h3-37,53-54H,38H2,1-2H3;1-12,21H/b13-3-;. The summed E-state index contributed by atoms with van der Waals surface area (Å²) in [5.41, 5.74) is 21.2. The number of allylic oxidation sites excluding steroid dienone is 1. The van der Waals surface area contributed by atoms with Crippen molar-refractivity contribution in [2.24, 2.45) is 0 Å². The number of rotatable bonds is 7. The molecule has 4 nitrogen and oxygen atoms in total. The number of hydrogen-bond acceptors (Lipinski definition) is 1. The van der Waals surface area contributed by atoms with E-state index in [9.17, 15) is 0 Å². The number of nitrogens with one attached hydrogen (secondary N) is 1. The number of aromatic nitrogens is 3. The van der Waals surface area contributed by atoms with Crippen molar-refractivity contribution < 1.29 is 0 Å². The molecular formula is C81H58N4.